The van der Waals surface area contributed by atoms with Crippen molar-refractivity contribution in [2.45, 2.75) is 77.3 Å². The fraction of sp³-hybridized carbons (Fsp3) is 0.516. The number of phenols is 1. The average molecular weight is 548 g/mol. The van der Waals surface area contributed by atoms with Crippen molar-refractivity contribution in [2.75, 3.05) is 36.0 Å². The lowest BCUT2D eigenvalue weighted by Gasteiger charge is -2.25. The number of amides is 1. The number of carbonyl (C=O) groups is 1. The number of nitrogens with one attached hydrogen (secondary N) is 1. The lowest BCUT2D eigenvalue weighted by atomic mass is 9.99. The van der Waals surface area contributed by atoms with E-state index in [1.807, 2.05) is 6.92 Å². The molecule has 4 heterocycles. The molecule has 2 N–H and O–H groups in total. The fourth-order valence-electron chi connectivity index (χ4n) is 6.43. The number of nitrogens with zero attached hydrogens (tertiary/aromatic N) is 4. The summed E-state index contributed by atoms with van der Waals surface area (Å²) in [6, 6.07) is 6.97. The molecule has 0 radical (unpaired) electrons. The van der Waals surface area contributed by atoms with Crippen molar-refractivity contribution in [1.82, 2.24) is 15.3 Å². The summed E-state index contributed by atoms with van der Waals surface area (Å²) in [5.74, 6) is 0.0975. The van der Waals surface area contributed by atoms with Gasteiger partial charge in [-0.2, -0.15) is 9.97 Å². The summed E-state index contributed by atoms with van der Waals surface area (Å²) >= 11 is 0. The van der Waals surface area contributed by atoms with Crippen molar-refractivity contribution in [2.24, 2.45) is 0 Å². The van der Waals surface area contributed by atoms with Gasteiger partial charge in [-0.05, 0) is 68.2 Å². The van der Waals surface area contributed by atoms with Crippen LogP contribution in [0.25, 0.3) is 10.8 Å². The van der Waals surface area contributed by atoms with Crippen LogP contribution in [0.2, 0.25) is 0 Å². The Labute approximate surface area is 234 Å². The molecule has 1 atom stereocenters. The molecule has 8 nitrogen and oxygen atoms in total. The number of hydrogen-bond donors (Lipinski definition) is 2. The van der Waals surface area contributed by atoms with Gasteiger partial charge in [-0.15, -0.1) is 0 Å². The summed E-state index contributed by atoms with van der Waals surface area (Å²) in [7, 11) is 0. The lowest BCUT2D eigenvalue weighted by Crippen LogP contribution is -2.35. The maximum absolute atomic E-state index is 14.9. The van der Waals surface area contributed by atoms with E-state index in [0.29, 0.717) is 64.2 Å². The molecule has 212 valence electrons. The Bertz CT molecular complexity index is 1400. The second-order valence-electron chi connectivity index (χ2n) is 11.2. The van der Waals surface area contributed by atoms with E-state index in [1.54, 1.807) is 23.1 Å². The molecule has 1 aromatic heterocycles. The van der Waals surface area contributed by atoms with Gasteiger partial charge in [0, 0.05) is 30.6 Å². The molecular formula is C31H38FN5O3. The zero-order valence-corrected chi connectivity index (χ0v) is 23.2. The Morgan fingerprint density at radius 2 is 1.93 bits per heavy atom. The van der Waals surface area contributed by atoms with Gasteiger partial charge in [0.1, 0.15) is 22.9 Å². The summed E-state index contributed by atoms with van der Waals surface area (Å²) < 4.78 is 21.0. The van der Waals surface area contributed by atoms with Crippen LogP contribution in [0.4, 0.5) is 15.9 Å². The van der Waals surface area contributed by atoms with E-state index in [1.165, 1.54) is 18.9 Å². The van der Waals surface area contributed by atoms with Gasteiger partial charge in [-0.3, -0.25) is 4.79 Å². The molecule has 9 heteroatoms. The van der Waals surface area contributed by atoms with Crippen LogP contribution >= 0.6 is 0 Å². The molecule has 0 unspecified atom stereocenters. The number of anilines is 2. The maximum atomic E-state index is 14.9. The average Bonchev–Trinajstić information content (AvgIpc) is 3.11. The Kier molecular flexibility index (Phi) is 7.74. The molecule has 2 aromatic carbocycles. The highest BCUT2D eigenvalue weighted by atomic mass is 19.1. The topological polar surface area (TPSA) is 90.8 Å². The van der Waals surface area contributed by atoms with E-state index in [-0.39, 0.29) is 24.0 Å². The molecule has 3 aliphatic heterocycles. The molecule has 6 rings (SSSR count). The third kappa shape index (κ3) is 5.19. The van der Waals surface area contributed by atoms with E-state index in [9.17, 15) is 14.3 Å². The highest BCUT2D eigenvalue weighted by Gasteiger charge is 2.37. The largest absolute Gasteiger partial charge is 0.508 e. The zero-order valence-electron chi connectivity index (χ0n) is 23.2. The maximum Gasteiger partial charge on any atom is 0.318 e. The number of halogens is 1. The number of carbonyl (C=O) groups excluding carboxylic acids is 1. The molecular weight excluding hydrogens is 509 g/mol. The van der Waals surface area contributed by atoms with Crippen LogP contribution in [0.3, 0.4) is 0 Å². The third-order valence-electron chi connectivity index (χ3n) is 8.50. The Morgan fingerprint density at radius 1 is 1.10 bits per heavy atom. The van der Waals surface area contributed by atoms with Crippen molar-refractivity contribution in [3.8, 4) is 11.8 Å². The molecule has 1 amide bonds. The molecule has 2 saturated heterocycles. The Hall–Kier alpha value is -3.46. The first-order chi connectivity index (χ1) is 19.5. The molecule has 0 saturated carbocycles. The van der Waals surface area contributed by atoms with Gasteiger partial charge in [-0.25, -0.2) is 4.39 Å². The highest BCUT2D eigenvalue weighted by molar-refractivity contribution is 6.16. The minimum atomic E-state index is -0.320. The second kappa shape index (κ2) is 11.6. The van der Waals surface area contributed by atoms with Crippen molar-refractivity contribution in [1.29, 1.82) is 0 Å². The van der Waals surface area contributed by atoms with Crippen molar-refractivity contribution < 1.29 is 19.0 Å². The van der Waals surface area contributed by atoms with Crippen LogP contribution in [0, 0.1) is 5.82 Å². The first kappa shape index (κ1) is 26.7. The molecule has 0 spiro atoms. The summed E-state index contributed by atoms with van der Waals surface area (Å²) in [6.07, 6.45) is 9.33. The second-order valence-corrected chi connectivity index (χ2v) is 11.2. The first-order valence-electron chi connectivity index (χ1n) is 14.8. The van der Waals surface area contributed by atoms with Crippen LogP contribution < -0.4 is 19.9 Å². The van der Waals surface area contributed by atoms with Crippen molar-refractivity contribution >= 4 is 28.2 Å². The Morgan fingerprint density at radius 3 is 2.67 bits per heavy atom. The van der Waals surface area contributed by atoms with Crippen LogP contribution in [-0.4, -0.2) is 53.3 Å². The van der Waals surface area contributed by atoms with E-state index in [4.69, 9.17) is 14.7 Å². The minimum absolute atomic E-state index is 0.0269. The number of phenolic OH excluding ortho intramolecular Hbond substituents is 1. The van der Waals surface area contributed by atoms with Crippen LogP contribution in [0.1, 0.15) is 79.9 Å². The summed E-state index contributed by atoms with van der Waals surface area (Å²) in [5, 5.41) is 15.4. The molecule has 40 heavy (non-hydrogen) atoms. The third-order valence-corrected chi connectivity index (χ3v) is 8.50. The van der Waals surface area contributed by atoms with E-state index < -0.39 is 0 Å². The smallest absolute Gasteiger partial charge is 0.318 e. The normalized spacial score (nSPS) is 19.6. The number of piperidine rings is 1. The lowest BCUT2D eigenvalue weighted by molar-refractivity contribution is 0.0997. The SMILES string of the molecule is CCc1c(F)ccc2cc(O)cc(N3Cc4nc(OCC[C@@H]5CCCCN5)nc(N5CCCCCC5)c4C3=O)c12. The quantitative estimate of drug-likeness (QED) is 0.404. The van der Waals surface area contributed by atoms with E-state index in [0.717, 1.165) is 58.2 Å². The summed E-state index contributed by atoms with van der Waals surface area (Å²) in [5.41, 5.74) is 2.10. The number of benzene rings is 2. The van der Waals surface area contributed by atoms with Crippen molar-refractivity contribution in [3.63, 3.8) is 0 Å². The molecule has 2 fully saturated rings. The van der Waals surface area contributed by atoms with Crippen LogP contribution in [0.15, 0.2) is 24.3 Å². The zero-order chi connectivity index (χ0) is 27.6. The number of hydrogen-bond acceptors (Lipinski definition) is 7. The van der Waals surface area contributed by atoms with E-state index in [2.05, 4.69) is 10.2 Å². The van der Waals surface area contributed by atoms with Gasteiger partial charge in [-0.1, -0.05) is 32.3 Å². The fourth-order valence-corrected chi connectivity index (χ4v) is 6.43. The van der Waals surface area contributed by atoms with Gasteiger partial charge in [0.05, 0.1) is 24.5 Å². The number of aryl methyl sites for hydroxylation is 1. The summed E-state index contributed by atoms with van der Waals surface area (Å²) in [6.45, 7) is 5.29. The van der Waals surface area contributed by atoms with Gasteiger partial charge in [0.25, 0.3) is 5.91 Å². The van der Waals surface area contributed by atoms with Crippen molar-refractivity contribution in [3.05, 3.63) is 46.9 Å². The molecule has 3 aromatic rings. The van der Waals surface area contributed by atoms with E-state index >= 15 is 0 Å². The summed E-state index contributed by atoms with van der Waals surface area (Å²) in [4.78, 5) is 27.5. The van der Waals surface area contributed by atoms with Gasteiger partial charge < -0.3 is 25.0 Å². The first-order valence-corrected chi connectivity index (χ1v) is 14.8. The standard InChI is InChI=1S/C31H38FN5O3/c1-2-23-24(32)11-10-20-17-22(38)18-26(27(20)23)37-19-25-28(30(37)39)29(36-14-7-3-4-8-15-36)35-31(34-25)40-16-12-21-9-5-6-13-33-21/h10-11,17-18,21,33,38H,2-9,12-16,19H2,1H3/t21-/m0/s1. The predicted octanol–water partition coefficient (Wildman–Crippen LogP) is 5.49. The molecule has 3 aliphatic rings. The number of fused-ring (bicyclic) bond motifs is 2. The van der Waals surface area contributed by atoms with Crippen LogP contribution in [-0.2, 0) is 13.0 Å². The molecule has 0 bridgehead atoms. The number of rotatable bonds is 7. The predicted molar refractivity (Wildman–Crippen MR) is 154 cm³/mol. The molecule has 0 aliphatic carbocycles. The number of aromatic hydroxyl groups is 1. The minimum Gasteiger partial charge on any atom is -0.508 e. The monoisotopic (exact) mass is 547 g/mol. The van der Waals surface area contributed by atoms with Crippen LogP contribution in [0.5, 0.6) is 11.8 Å². The van der Waals surface area contributed by atoms with Gasteiger partial charge in [0.15, 0.2) is 0 Å². The van der Waals surface area contributed by atoms with Gasteiger partial charge >= 0.3 is 6.01 Å². The Balaban J connectivity index is 1.37. The van der Waals surface area contributed by atoms with Gasteiger partial charge in [0.2, 0.25) is 0 Å². The highest BCUT2D eigenvalue weighted by Crippen LogP contribution is 2.41. The number of aromatic nitrogens is 2. The number of ether oxygens (including phenoxy) is 1.